The van der Waals surface area contributed by atoms with Gasteiger partial charge in [0.15, 0.2) is 0 Å². The van der Waals surface area contributed by atoms with Gasteiger partial charge in [-0.2, -0.15) is 0 Å². The molecule has 0 saturated heterocycles. The number of carboxylic acids is 1. The second-order valence-corrected chi connectivity index (χ2v) is 9.33. The number of unbranched alkanes of at least 4 members (excludes halogenated alkanes) is 1. The Hall–Kier alpha value is -3.35. The molecule has 2 N–H and O–H groups in total. The summed E-state index contributed by atoms with van der Waals surface area (Å²) in [4.78, 5) is 38.2. The maximum Gasteiger partial charge on any atom is 0.407 e. The molecule has 0 spiro atoms. The summed E-state index contributed by atoms with van der Waals surface area (Å²) in [6, 6.07) is 15.8. The predicted molar refractivity (Wildman–Crippen MR) is 131 cm³/mol. The first-order valence-corrected chi connectivity index (χ1v) is 11.8. The van der Waals surface area contributed by atoms with Gasteiger partial charge in [0, 0.05) is 25.4 Å². The van der Waals surface area contributed by atoms with Crippen LogP contribution in [0.25, 0.3) is 11.1 Å². The SMILES string of the molecule is CCCC[C@@H](CC(=O)N(C)C(C)(C)C(=O)O)NC(=O)OCC1c2ccccc2-c2ccccc21. The van der Waals surface area contributed by atoms with E-state index >= 15 is 0 Å². The van der Waals surface area contributed by atoms with Crippen LogP contribution in [-0.2, 0) is 14.3 Å². The molecule has 0 unspecified atom stereocenters. The largest absolute Gasteiger partial charge is 0.480 e. The van der Waals surface area contributed by atoms with Gasteiger partial charge >= 0.3 is 12.1 Å². The first kappa shape index (κ1) is 25.3. The molecule has 0 saturated carbocycles. The van der Waals surface area contributed by atoms with Crippen molar-refractivity contribution in [3.05, 3.63) is 59.7 Å². The van der Waals surface area contributed by atoms with Gasteiger partial charge in [-0.15, -0.1) is 0 Å². The van der Waals surface area contributed by atoms with Gasteiger partial charge in [-0.1, -0.05) is 68.3 Å². The number of hydrogen-bond acceptors (Lipinski definition) is 4. The third-order valence-corrected chi connectivity index (χ3v) is 6.73. The number of carbonyl (C=O) groups is 3. The average molecular weight is 467 g/mol. The fourth-order valence-corrected chi connectivity index (χ4v) is 4.29. The summed E-state index contributed by atoms with van der Waals surface area (Å²) in [6.07, 6.45) is 1.78. The Labute approximate surface area is 201 Å². The zero-order chi connectivity index (χ0) is 24.9. The van der Waals surface area contributed by atoms with E-state index in [1.807, 2.05) is 31.2 Å². The van der Waals surface area contributed by atoms with Crippen molar-refractivity contribution in [2.24, 2.45) is 0 Å². The maximum atomic E-state index is 12.8. The van der Waals surface area contributed by atoms with E-state index in [2.05, 4.69) is 29.6 Å². The summed E-state index contributed by atoms with van der Waals surface area (Å²) >= 11 is 0. The molecular weight excluding hydrogens is 432 g/mol. The van der Waals surface area contributed by atoms with Crippen LogP contribution in [0.15, 0.2) is 48.5 Å². The minimum atomic E-state index is -1.34. The number of amides is 2. The minimum absolute atomic E-state index is 0.0113. The summed E-state index contributed by atoms with van der Waals surface area (Å²) in [7, 11) is 1.47. The Morgan fingerprint density at radius 3 is 2.15 bits per heavy atom. The second-order valence-electron chi connectivity index (χ2n) is 9.33. The van der Waals surface area contributed by atoms with Crippen LogP contribution in [0.2, 0.25) is 0 Å². The van der Waals surface area contributed by atoms with Crippen LogP contribution in [0.3, 0.4) is 0 Å². The molecule has 0 fully saturated rings. The first-order chi connectivity index (χ1) is 16.2. The zero-order valence-electron chi connectivity index (χ0n) is 20.3. The molecule has 34 heavy (non-hydrogen) atoms. The van der Waals surface area contributed by atoms with Gasteiger partial charge in [0.2, 0.25) is 5.91 Å². The monoisotopic (exact) mass is 466 g/mol. The van der Waals surface area contributed by atoms with Crippen molar-refractivity contribution in [2.75, 3.05) is 13.7 Å². The van der Waals surface area contributed by atoms with Crippen LogP contribution in [0.1, 0.15) is 63.5 Å². The van der Waals surface area contributed by atoms with Gasteiger partial charge in [-0.25, -0.2) is 9.59 Å². The molecule has 0 aromatic heterocycles. The Balaban J connectivity index is 1.64. The molecule has 2 aromatic carbocycles. The highest BCUT2D eigenvalue weighted by Crippen LogP contribution is 2.44. The third kappa shape index (κ3) is 5.41. The van der Waals surface area contributed by atoms with Crippen LogP contribution in [0, 0.1) is 0 Å². The minimum Gasteiger partial charge on any atom is -0.480 e. The molecule has 0 heterocycles. The maximum absolute atomic E-state index is 12.8. The van der Waals surface area contributed by atoms with E-state index in [1.54, 1.807) is 0 Å². The number of hydrogen-bond donors (Lipinski definition) is 2. The van der Waals surface area contributed by atoms with Crippen molar-refractivity contribution in [3.8, 4) is 11.1 Å². The number of likely N-dealkylation sites (N-methyl/N-ethyl adjacent to an activating group) is 1. The molecule has 2 amide bonds. The molecular formula is C27H34N2O5. The lowest BCUT2D eigenvalue weighted by Gasteiger charge is -2.32. The van der Waals surface area contributed by atoms with Crippen LogP contribution in [0.5, 0.6) is 0 Å². The van der Waals surface area contributed by atoms with E-state index in [0.29, 0.717) is 6.42 Å². The lowest BCUT2D eigenvalue weighted by molar-refractivity contribution is -0.155. The highest BCUT2D eigenvalue weighted by molar-refractivity contribution is 5.86. The Morgan fingerprint density at radius 2 is 1.62 bits per heavy atom. The molecule has 0 bridgehead atoms. The van der Waals surface area contributed by atoms with Crippen molar-refractivity contribution in [1.29, 1.82) is 0 Å². The summed E-state index contributed by atoms with van der Waals surface area (Å²) in [6.45, 7) is 5.19. The molecule has 1 aliphatic carbocycles. The van der Waals surface area contributed by atoms with Crippen LogP contribution >= 0.6 is 0 Å². The number of nitrogens with zero attached hydrogens (tertiary/aromatic N) is 1. The van der Waals surface area contributed by atoms with Crippen LogP contribution in [0.4, 0.5) is 4.79 Å². The van der Waals surface area contributed by atoms with Gasteiger partial charge in [0.05, 0.1) is 0 Å². The Kier molecular flexibility index (Phi) is 7.97. The van der Waals surface area contributed by atoms with E-state index < -0.39 is 23.6 Å². The number of carbonyl (C=O) groups excluding carboxylic acids is 2. The van der Waals surface area contributed by atoms with E-state index in [4.69, 9.17) is 4.74 Å². The number of nitrogens with one attached hydrogen (secondary N) is 1. The summed E-state index contributed by atoms with van der Waals surface area (Å²) < 4.78 is 5.63. The quantitative estimate of drug-likeness (QED) is 0.525. The van der Waals surface area contributed by atoms with E-state index in [0.717, 1.165) is 35.1 Å². The number of benzene rings is 2. The summed E-state index contributed by atoms with van der Waals surface area (Å²) in [5, 5.41) is 12.2. The summed E-state index contributed by atoms with van der Waals surface area (Å²) in [5.74, 6) is -1.47. The number of alkyl carbamates (subject to hydrolysis) is 1. The first-order valence-electron chi connectivity index (χ1n) is 11.8. The van der Waals surface area contributed by atoms with Crippen molar-refractivity contribution in [1.82, 2.24) is 10.2 Å². The van der Waals surface area contributed by atoms with Crippen LogP contribution < -0.4 is 5.32 Å². The van der Waals surface area contributed by atoms with Gasteiger partial charge < -0.3 is 20.1 Å². The smallest absolute Gasteiger partial charge is 0.407 e. The number of ether oxygens (including phenoxy) is 1. The Morgan fingerprint density at radius 1 is 1.06 bits per heavy atom. The number of aliphatic carboxylic acids is 1. The second kappa shape index (κ2) is 10.7. The fraction of sp³-hybridized carbons (Fsp3) is 0.444. The van der Waals surface area contributed by atoms with Gasteiger partial charge in [0.1, 0.15) is 12.1 Å². The van der Waals surface area contributed by atoms with Crippen molar-refractivity contribution < 1.29 is 24.2 Å². The highest BCUT2D eigenvalue weighted by atomic mass is 16.5. The molecule has 7 nitrogen and oxygen atoms in total. The Bertz CT molecular complexity index is 1000. The van der Waals surface area contributed by atoms with E-state index in [-0.39, 0.29) is 24.9 Å². The normalized spacial score (nSPS) is 13.5. The molecule has 1 atom stereocenters. The molecule has 2 aromatic rings. The lowest BCUT2D eigenvalue weighted by atomic mass is 9.98. The predicted octanol–water partition coefficient (Wildman–Crippen LogP) is 4.80. The van der Waals surface area contributed by atoms with Crippen molar-refractivity contribution in [3.63, 3.8) is 0 Å². The van der Waals surface area contributed by atoms with Gasteiger partial charge in [0.25, 0.3) is 0 Å². The average Bonchev–Trinajstić information content (AvgIpc) is 3.14. The third-order valence-electron chi connectivity index (χ3n) is 6.73. The topological polar surface area (TPSA) is 95.9 Å². The van der Waals surface area contributed by atoms with E-state index in [9.17, 15) is 19.5 Å². The van der Waals surface area contributed by atoms with E-state index in [1.165, 1.54) is 25.8 Å². The number of fused-ring (bicyclic) bond motifs is 3. The molecule has 0 aliphatic heterocycles. The van der Waals surface area contributed by atoms with Crippen molar-refractivity contribution >= 4 is 18.0 Å². The van der Waals surface area contributed by atoms with Crippen molar-refractivity contribution in [2.45, 2.75) is 64.0 Å². The standard InChI is InChI=1S/C27H34N2O5/c1-5-6-11-18(16-24(30)29(4)27(2,3)25(31)32)28-26(33)34-17-23-21-14-9-7-12-19(21)20-13-8-10-15-22(20)23/h7-10,12-15,18,23H,5-6,11,16-17H2,1-4H3,(H,28,33)(H,31,32)/t18-/m0/s1. The highest BCUT2D eigenvalue weighted by Gasteiger charge is 2.36. The molecule has 7 heteroatoms. The fourth-order valence-electron chi connectivity index (χ4n) is 4.29. The molecule has 0 radical (unpaired) electrons. The molecule has 3 rings (SSSR count). The van der Waals surface area contributed by atoms with Gasteiger partial charge in [-0.05, 0) is 42.5 Å². The zero-order valence-corrected chi connectivity index (χ0v) is 20.3. The number of carboxylic acid groups (broad SMARTS) is 1. The molecule has 1 aliphatic rings. The van der Waals surface area contributed by atoms with Gasteiger partial charge in [-0.3, -0.25) is 4.79 Å². The summed E-state index contributed by atoms with van der Waals surface area (Å²) in [5.41, 5.74) is 3.24. The lowest BCUT2D eigenvalue weighted by Crippen LogP contribution is -2.52. The molecule has 182 valence electrons. The number of rotatable bonds is 10. The van der Waals surface area contributed by atoms with Crippen LogP contribution in [-0.4, -0.2) is 53.2 Å².